The van der Waals surface area contributed by atoms with Gasteiger partial charge in [0.2, 0.25) is 5.91 Å². The first kappa shape index (κ1) is 22.5. The molecule has 1 unspecified atom stereocenters. The minimum Gasteiger partial charge on any atom is -0.378 e. The third-order valence-electron chi connectivity index (χ3n) is 5.09. The highest BCUT2D eigenvalue weighted by atomic mass is 19.4. The molecule has 3 aromatic rings. The Kier molecular flexibility index (Phi) is 5.90. The maximum absolute atomic E-state index is 13.4. The predicted molar refractivity (Wildman–Crippen MR) is 111 cm³/mol. The van der Waals surface area contributed by atoms with Crippen molar-refractivity contribution in [1.29, 1.82) is 0 Å². The van der Waals surface area contributed by atoms with Gasteiger partial charge in [-0.05, 0) is 35.9 Å². The maximum atomic E-state index is 13.4. The zero-order valence-corrected chi connectivity index (χ0v) is 17.2. The van der Waals surface area contributed by atoms with Crippen LogP contribution < -0.4 is 10.6 Å². The topological polar surface area (TPSA) is 85.2 Å². The summed E-state index contributed by atoms with van der Waals surface area (Å²) in [5.74, 6) is -1.25. The molecule has 1 aliphatic rings. The van der Waals surface area contributed by atoms with Gasteiger partial charge in [-0.15, -0.1) is 0 Å². The van der Waals surface area contributed by atoms with Gasteiger partial charge in [-0.25, -0.2) is 9.07 Å². The first-order valence-electron chi connectivity index (χ1n) is 9.81. The Morgan fingerprint density at radius 1 is 1.21 bits per heavy atom. The van der Waals surface area contributed by atoms with E-state index in [2.05, 4.69) is 15.7 Å². The molecule has 2 heterocycles. The van der Waals surface area contributed by atoms with Gasteiger partial charge in [0.05, 0.1) is 24.3 Å². The molecule has 0 bridgehead atoms. The molecule has 172 valence electrons. The van der Waals surface area contributed by atoms with E-state index in [9.17, 15) is 27.2 Å². The Bertz CT molecular complexity index is 1210. The molecule has 0 saturated heterocycles. The van der Waals surface area contributed by atoms with Gasteiger partial charge in [0.1, 0.15) is 17.7 Å². The van der Waals surface area contributed by atoms with Gasteiger partial charge in [-0.2, -0.15) is 18.3 Å². The first-order chi connectivity index (χ1) is 15.7. The molecule has 1 atom stereocenters. The molecule has 1 aromatic heterocycles. The van der Waals surface area contributed by atoms with Crippen LogP contribution in [0.25, 0.3) is 11.1 Å². The Balaban J connectivity index is 1.59. The maximum Gasteiger partial charge on any atom is 0.416 e. The van der Waals surface area contributed by atoms with Gasteiger partial charge in [0.25, 0.3) is 5.91 Å². The van der Waals surface area contributed by atoms with Crippen LogP contribution in [0.2, 0.25) is 0 Å². The fourth-order valence-electron chi connectivity index (χ4n) is 3.64. The number of methoxy groups -OCH3 is 1. The molecule has 0 radical (unpaired) electrons. The highest BCUT2D eigenvalue weighted by molar-refractivity contribution is 6.04. The van der Waals surface area contributed by atoms with Crippen molar-refractivity contribution in [2.75, 3.05) is 17.7 Å². The van der Waals surface area contributed by atoms with E-state index in [1.807, 2.05) is 0 Å². The summed E-state index contributed by atoms with van der Waals surface area (Å²) in [6, 6.07) is 8.80. The number of carbonyl (C=O) groups is 2. The normalized spacial score (nSPS) is 15.3. The highest BCUT2D eigenvalue weighted by Crippen LogP contribution is 2.39. The van der Waals surface area contributed by atoms with Crippen molar-refractivity contribution in [2.45, 2.75) is 25.2 Å². The Morgan fingerprint density at radius 2 is 1.94 bits per heavy atom. The predicted octanol–water partition coefficient (Wildman–Crippen LogP) is 4.38. The van der Waals surface area contributed by atoms with Crippen molar-refractivity contribution in [3.05, 3.63) is 65.6 Å². The lowest BCUT2D eigenvalue weighted by Gasteiger charge is -2.12. The molecule has 0 saturated carbocycles. The zero-order chi connectivity index (χ0) is 23.8. The zero-order valence-electron chi connectivity index (χ0n) is 17.2. The molecule has 4 rings (SSSR count). The van der Waals surface area contributed by atoms with Crippen LogP contribution >= 0.6 is 0 Å². The number of hydrogen-bond donors (Lipinski definition) is 2. The monoisotopic (exact) mass is 462 g/mol. The number of nitrogens with zero attached hydrogens (tertiary/aromatic N) is 2. The largest absolute Gasteiger partial charge is 0.416 e. The number of amides is 2. The van der Waals surface area contributed by atoms with E-state index in [1.165, 1.54) is 48.2 Å². The van der Waals surface area contributed by atoms with E-state index in [-0.39, 0.29) is 18.7 Å². The number of hydrogen-bond acceptors (Lipinski definition) is 4. The average molecular weight is 462 g/mol. The van der Waals surface area contributed by atoms with Crippen molar-refractivity contribution in [1.82, 2.24) is 9.78 Å². The average Bonchev–Trinajstić information content (AvgIpc) is 3.24. The molecule has 7 nitrogen and oxygen atoms in total. The standard InChI is InChI=1S/C22H18F4N4O3/c1-33-11-16-19(12-5-7-14(23)8-6-12)20-28-21(32)17(30(20)29-16)10-18(31)27-15-4-2-3-13(9-15)22(24,25)26/h2-9,17H,10-11H2,1H3,(H,27,31)(H,28,32). The van der Waals surface area contributed by atoms with Gasteiger partial charge in [-0.1, -0.05) is 18.2 Å². The van der Waals surface area contributed by atoms with Crippen LogP contribution in [0.3, 0.4) is 0 Å². The molecule has 0 spiro atoms. The first-order valence-corrected chi connectivity index (χ1v) is 9.81. The summed E-state index contributed by atoms with van der Waals surface area (Å²) in [6.45, 7) is 0.103. The second kappa shape index (κ2) is 8.66. The van der Waals surface area contributed by atoms with Gasteiger partial charge >= 0.3 is 6.18 Å². The number of carbonyl (C=O) groups excluding carboxylic acids is 2. The Morgan fingerprint density at radius 3 is 2.61 bits per heavy atom. The fourth-order valence-corrected chi connectivity index (χ4v) is 3.64. The second-order valence-corrected chi connectivity index (χ2v) is 7.39. The van der Waals surface area contributed by atoms with Crippen molar-refractivity contribution in [3.8, 4) is 11.1 Å². The Hall–Kier alpha value is -3.73. The summed E-state index contributed by atoms with van der Waals surface area (Å²) in [4.78, 5) is 25.1. The van der Waals surface area contributed by atoms with Crippen LogP contribution in [-0.4, -0.2) is 28.7 Å². The van der Waals surface area contributed by atoms with Gasteiger partial charge < -0.3 is 15.4 Å². The molecule has 33 heavy (non-hydrogen) atoms. The number of benzene rings is 2. The minimum absolute atomic E-state index is 0.0407. The van der Waals surface area contributed by atoms with Crippen molar-refractivity contribution in [3.63, 3.8) is 0 Å². The highest BCUT2D eigenvalue weighted by Gasteiger charge is 2.37. The van der Waals surface area contributed by atoms with Crippen LogP contribution in [0.15, 0.2) is 48.5 Å². The number of anilines is 2. The van der Waals surface area contributed by atoms with E-state index in [4.69, 9.17) is 4.74 Å². The summed E-state index contributed by atoms with van der Waals surface area (Å²) >= 11 is 0. The molecule has 2 aromatic carbocycles. The number of ether oxygens (including phenoxy) is 1. The van der Waals surface area contributed by atoms with Crippen LogP contribution in [0.1, 0.15) is 23.7 Å². The van der Waals surface area contributed by atoms with Crippen molar-refractivity contribution < 1.29 is 31.9 Å². The fraction of sp³-hybridized carbons (Fsp3) is 0.227. The van der Waals surface area contributed by atoms with Crippen LogP contribution in [-0.2, 0) is 27.1 Å². The van der Waals surface area contributed by atoms with E-state index in [0.717, 1.165) is 12.1 Å². The lowest BCUT2D eigenvalue weighted by Crippen LogP contribution is -2.24. The number of rotatable bonds is 6. The molecular weight excluding hydrogens is 444 g/mol. The Labute approximate surface area is 185 Å². The van der Waals surface area contributed by atoms with E-state index in [0.29, 0.717) is 22.6 Å². The summed E-state index contributed by atoms with van der Waals surface area (Å²) in [6.07, 6.45) is -4.91. The summed E-state index contributed by atoms with van der Waals surface area (Å²) in [7, 11) is 1.47. The third kappa shape index (κ3) is 4.58. The molecule has 2 amide bonds. The quantitative estimate of drug-likeness (QED) is 0.533. The number of alkyl halides is 3. The summed E-state index contributed by atoms with van der Waals surface area (Å²) in [5, 5.41) is 9.48. The van der Waals surface area contributed by atoms with E-state index in [1.54, 1.807) is 0 Å². The molecule has 2 N–H and O–H groups in total. The van der Waals surface area contributed by atoms with Crippen LogP contribution in [0.5, 0.6) is 0 Å². The third-order valence-corrected chi connectivity index (χ3v) is 5.09. The van der Waals surface area contributed by atoms with Crippen molar-refractivity contribution in [2.24, 2.45) is 0 Å². The molecule has 0 fully saturated rings. The lowest BCUT2D eigenvalue weighted by atomic mass is 10.1. The number of nitrogens with one attached hydrogen (secondary N) is 2. The van der Waals surface area contributed by atoms with Crippen LogP contribution in [0.4, 0.5) is 29.1 Å². The minimum atomic E-state index is -4.55. The number of aromatic nitrogens is 2. The van der Waals surface area contributed by atoms with Crippen molar-refractivity contribution >= 4 is 23.3 Å². The second-order valence-electron chi connectivity index (χ2n) is 7.39. The lowest BCUT2D eigenvalue weighted by molar-refractivity contribution is -0.137. The van der Waals surface area contributed by atoms with Gasteiger partial charge in [0, 0.05) is 18.4 Å². The number of fused-ring (bicyclic) bond motifs is 1. The smallest absolute Gasteiger partial charge is 0.378 e. The molecule has 1 aliphatic heterocycles. The van der Waals surface area contributed by atoms with E-state index >= 15 is 0 Å². The van der Waals surface area contributed by atoms with Crippen LogP contribution in [0, 0.1) is 5.82 Å². The molecule has 0 aliphatic carbocycles. The number of halogens is 4. The summed E-state index contributed by atoms with van der Waals surface area (Å²) in [5.41, 5.74) is 0.662. The summed E-state index contributed by atoms with van der Waals surface area (Å²) < 4.78 is 58.6. The molecular formula is C22H18F4N4O3. The van der Waals surface area contributed by atoms with Gasteiger partial charge in [0.15, 0.2) is 0 Å². The molecule has 11 heteroatoms. The SMILES string of the molecule is COCc1nn2c(c1-c1ccc(F)cc1)NC(=O)C2CC(=O)Nc1cccc(C(F)(F)F)c1. The van der Waals surface area contributed by atoms with E-state index < -0.39 is 35.4 Å². The van der Waals surface area contributed by atoms with Gasteiger partial charge in [-0.3, -0.25) is 9.59 Å².